The van der Waals surface area contributed by atoms with Crippen LogP contribution in [0.2, 0.25) is 0 Å². The zero-order chi connectivity index (χ0) is 11.3. The summed E-state index contributed by atoms with van der Waals surface area (Å²) < 4.78 is 0. The lowest BCUT2D eigenvalue weighted by molar-refractivity contribution is 0.199. The molecular formula is C13H20NO. The Kier molecular flexibility index (Phi) is 4.63. The first kappa shape index (κ1) is 12.1. The molecule has 0 bridgehead atoms. The molecule has 0 aliphatic carbocycles. The van der Waals surface area contributed by atoms with Crippen molar-refractivity contribution in [3.8, 4) is 0 Å². The molecule has 0 saturated heterocycles. The molecule has 1 aromatic rings. The third-order valence-corrected chi connectivity index (χ3v) is 2.40. The third-order valence-electron chi connectivity index (χ3n) is 2.40. The van der Waals surface area contributed by atoms with Gasteiger partial charge < -0.3 is 4.90 Å². The van der Waals surface area contributed by atoms with Crippen molar-refractivity contribution in [2.45, 2.75) is 20.8 Å². The van der Waals surface area contributed by atoms with Crippen molar-refractivity contribution < 1.29 is 5.11 Å². The second-order valence-corrected chi connectivity index (χ2v) is 4.33. The van der Waals surface area contributed by atoms with Crippen LogP contribution in [0.1, 0.15) is 19.4 Å². The highest BCUT2D eigenvalue weighted by Crippen LogP contribution is 2.20. The van der Waals surface area contributed by atoms with Crippen molar-refractivity contribution in [2.24, 2.45) is 5.92 Å². The van der Waals surface area contributed by atoms with E-state index in [-0.39, 0.29) is 6.61 Å². The van der Waals surface area contributed by atoms with Gasteiger partial charge in [0, 0.05) is 18.8 Å². The second-order valence-electron chi connectivity index (χ2n) is 4.33. The van der Waals surface area contributed by atoms with Crippen molar-refractivity contribution in [2.75, 3.05) is 24.6 Å². The van der Waals surface area contributed by atoms with E-state index in [1.165, 1.54) is 11.3 Å². The van der Waals surface area contributed by atoms with Crippen molar-refractivity contribution >= 4 is 5.69 Å². The molecule has 1 radical (unpaired) electrons. The van der Waals surface area contributed by atoms with Gasteiger partial charge in [-0.05, 0) is 24.5 Å². The summed E-state index contributed by atoms with van der Waals surface area (Å²) in [7, 11) is 0. The first-order valence-corrected chi connectivity index (χ1v) is 5.54. The summed E-state index contributed by atoms with van der Waals surface area (Å²) in [6, 6.07) is 8.24. The van der Waals surface area contributed by atoms with Gasteiger partial charge in [0.1, 0.15) is 0 Å². The fraction of sp³-hybridized carbons (Fsp3) is 0.538. The van der Waals surface area contributed by atoms with Gasteiger partial charge in [0.15, 0.2) is 0 Å². The highest BCUT2D eigenvalue weighted by molar-refractivity contribution is 5.52. The van der Waals surface area contributed by atoms with Crippen LogP contribution in [0, 0.1) is 12.8 Å². The minimum atomic E-state index is -0.0406. The van der Waals surface area contributed by atoms with Crippen LogP contribution < -0.4 is 4.90 Å². The van der Waals surface area contributed by atoms with Crippen LogP contribution in [-0.4, -0.2) is 19.7 Å². The lowest BCUT2D eigenvalue weighted by Gasteiger charge is -2.27. The number of hydrogen-bond acceptors (Lipinski definition) is 1. The molecule has 0 heterocycles. The highest BCUT2D eigenvalue weighted by Gasteiger charge is 2.09. The number of benzene rings is 1. The average molecular weight is 206 g/mol. The van der Waals surface area contributed by atoms with Crippen LogP contribution in [0.15, 0.2) is 24.3 Å². The number of anilines is 1. The van der Waals surface area contributed by atoms with E-state index < -0.39 is 0 Å². The maximum absolute atomic E-state index is 10.8. The number of rotatable bonds is 5. The Labute approximate surface area is 92.5 Å². The second kappa shape index (κ2) is 5.76. The molecule has 0 amide bonds. The molecule has 83 valence electrons. The van der Waals surface area contributed by atoms with E-state index in [2.05, 4.69) is 37.8 Å². The Morgan fingerprint density at radius 3 is 2.47 bits per heavy atom. The molecule has 0 aliphatic rings. The fourth-order valence-corrected chi connectivity index (χ4v) is 1.78. The monoisotopic (exact) mass is 206 g/mol. The molecule has 1 rings (SSSR count). The molecular weight excluding hydrogens is 186 g/mol. The first-order chi connectivity index (χ1) is 7.15. The Morgan fingerprint density at radius 2 is 1.93 bits per heavy atom. The third kappa shape index (κ3) is 3.56. The quantitative estimate of drug-likeness (QED) is 0.726. The van der Waals surface area contributed by atoms with Crippen molar-refractivity contribution in [3.63, 3.8) is 0 Å². The Balaban J connectivity index is 2.83. The highest BCUT2D eigenvalue weighted by atomic mass is 16.3. The van der Waals surface area contributed by atoms with Crippen LogP contribution in [-0.2, 0) is 5.11 Å². The van der Waals surface area contributed by atoms with Crippen molar-refractivity contribution in [1.82, 2.24) is 0 Å². The van der Waals surface area contributed by atoms with Gasteiger partial charge in [-0.1, -0.05) is 32.0 Å². The van der Waals surface area contributed by atoms with E-state index in [0.29, 0.717) is 12.5 Å². The fourth-order valence-electron chi connectivity index (χ4n) is 1.78. The molecule has 1 aromatic carbocycles. The molecule has 0 atom stereocenters. The zero-order valence-corrected chi connectivity index (χ0v) is 9.86. The predicted molar refractivity (Wildman–Crippen MR) is 63.8 cm³/mol. The molecule has 0 N–H and O–H groups in total. The maximum atomic E-state index is 10.8. The normalized spacial score (nSPS) is 10.7. The molecule has 2 nitrogen and oxygen atoms in total. The molecule has 0 spiro atoms. The molecule has 0 fully saturated rings. The smallest absolute Gasteiger partial charge is 0.0997 e. The van der Waals surface area contributed by atoms with E-state index in [9.17, 15) is 5.11 Å². The van der Waals surface area contributed by atoms with E-state index in [0.717, 1.165) is 6.54 Å². The summed E-state index contributed by atoms with van der Waals surface area (Å²) in [5.41, 5.74) is 2.44. The largest absolute Gasteiger partial charge is 0.369 e. The Hall–Kier alpha value is -1.02. The van der Waals surface area contributed by atoms with Gasteiger partial charge >= 0.3 is 0 Å². The van der Waals surface area contributed by atoms with E-state index >= 15 is 0 Å². The van der Waals surface area contributed by atoms with Crippen LogP contribution in [0.25, 0.3) is 0 Å². The number of aryl methyl sites for hydroxylation is 1. The van der Waals surface area contributed by atoms with Gasteiger partial charge in [-0.3, -0.25) is 0 Å². The first-order valence-electron chi connectivity index (χ1n) is 5.54. The zero-order valence-electron chi connectivity index (χ0n) is 9.86. The summed E-state index contributed by atoms with van der Waals surface area (Å²) in [6.45, 7) is 7.96. The van der Waals surface area contributed by atoms with Crippen molar-refractivity contribution in [3.05, 3.63) is 29.8 Å². The van der Waals surface area contributed by atoms with E-state index in [1.807, 2.05) is 12.1 Å². The summed E-state index contributed by atoms with van der Waals surface area (Å²) >= 11 is 0. The topological polar surface area (TPSA) is 23.1 Å². The standard InChI is InChI=1S/C13H20NO/c1-11(2)10-14(8-9-15)13-7-5-4-6-12(13)3/h4-7,11H,8-10H2,1-3H3. The number of para-hydroxylation sites is 1. The van der Waals surface area contributed by atoms with E-state index in [4.69, 9.17) is 0 Å². The summed E-state index contributed by atoms with van der Waals surface area (Å²) in [6.07, 6.45) is 0. The van der Waals surface area contributed by atoms with Gasteiger partial charge in [0.25, 0.3) is 0 Å². The van der Waals surface area contributed by atoms with Crippen LogP contribution in [0.4, 0.5) is 5.69 Å². The van der Waals surface area contributed by atoms with Gasteiger partial charge in [0.05, 0.1) is 6.61 Å². The van der Waals surface area contributed by atoms with Gasteiger partial charge in [-0.15, -0.1) is 0 Å². The van der Waals surface area contributed by atoms with Gasteiger partial charge in [-0.2, -0.15) is 0 Å². The van der Waals surface area contributed by atoms with Crippen LogP contribution >= 0.6 is 0 Å². The lowest BCUT2D eigenvalue weighted by Crippen LogP contribution is -2.30. The minimum Gasteiger partial charge on any atom is -0.369 e. The summed E-state index contributed by atoms with van der Waals surface area (Å²) in [5.74, 6) is 0.580. The Morgan fingerprint density at radius 1 is 1.27 bits per heavy atom. The van der Waals surface area contributed by atoms with E-state index in [1.54, 1.807) is 0 Å². The molecule has 0 saturated carbocycles. The van der Waals surface area contributed by atoms with Gasteiger partial charge in [0.2, 0.25) is 0 Å². The molecule has 0 aromatic heterocycles. The minimum absolute atomic E-state index is 0.0406. The lowest BCUT2D eigenvalue weighted by atomic mass is 10.1. The van der Waals surface area contributed by atoms with Crippen molar-refractivity contribution in [1.29, 1.82) is 0 Å². The average Bonchev–Trinajstić information content (AvgIpc) is 2.17. The number of hydrogen-bond donors (Lipinski definition) is 0. The van der Waals surface area contributed by atoms with Crippen LogP contribution in [0.3, 0.4) is 0 Å². The predicted octanol–water partition coefficient (Wildman–Crippen LogP) is 2.89. The summed E-state index contributed by atoms with van der Waals surface area (Å²) in [5, 5.41) is 10.8. The SMILES string of the molecule is Cc1ccccc1N(CC[O])CC(C)C. The summed E-state index contributed by atoms with van der Waals surface area (Å²) in [4.78, 5) is 2.19. The molecule has 0 unspecified atom stereocenters. The number of nitrogens with zero attached hydrogens (tertiary/aromatic N) is 1. The maximum Gasteiger partial charge on any atom is 0.0997 e. The molecule has 15 heavy (non-hydrogen) atoms. The molecule has 0 aliphatic heterocycles. The molecule has 2 heteroatoms. The Bertz CT molecular complexity index is 296. The van der Waals surface area contributed by atoms with Crippen LogP contribution in [0.5, 0.6) is 0 Å². The van der Waals surface area contributed by atoms with Gasteiger partial charge in [-0.25, -0.2) is 5.11 Å².